The molecule has 8 heteroatoms. The van der Waals surface area contributed by atoms with E-state index in [0.29, 0.717) is 62.9 Å². The van der Waals surface area contributed by atoms with E-state index in [1.54, 1.807) is 16.7 Å². The van der Waals surface area contributed by atoms with Gasteiger partial charge in [0, 0.05) is 32.7 Å². The van der Waals surface area contributed by atoms with Crippen molar-refractivity contribution in [1.82, 2.24) is 9.80 Å². The first-order chi connectivity index (χ1) is 15.5. The molecule has 0 saturated heterocycles. The highest BCUT2D eigenvalue weighted by molar-refractivity contribution is 5.84. The van der Waals surface area contributed by atoms with Gasteiger partial charge in [0.15, 0.2) is 11.5 Å². The lowest BCUT2D eigenvalue weighted by atomic mass is 10.1. The van der Waals surface area contributed by atoms with Crippen LogP contribution in [0.3, 0.4) is 0 Å². The van der Waals surface area contributed by atoms with Crippen LogP contribution in [0, 0.1) is 6.92 Å². The molecule has 0 atom stereocenters. The van der Waals surface area contributed by atoms with Crippen molar-refractivity contribution in [2.24, 2.45) is 0 Å². The third-order valence-corrected chi connectivity index (χ3v) is 5.21. The molecule has 174 valence electrons. The minimum atomic E-state index is -0.144. The van der Waals surface area contributed by atoms with Gasteiger partial charge in [-0.15, -0.1) is 0 Å². The molecule has 0 fully saturated rings. The van der Waals surface area contributed by atoms with Crippen molar-refractivity contribution in [2.75, 3.05) is 33.1 Å². The monoisotopic (exact) mass is 444 g/mol. The molecular formula is C24H32N2O6. The number of fused-ring (bicyclic) bond motifs is 1. The SMILES string of the molecule is CCOCCCN(CC(=O)N(Cc1ccc2c(c1)OCO2)Cc1ccc(C)o1)C(=O)CC. The van der Waals surface area contributed by atoms with E-state index in [1.807, 2.05) is 44.2 Å². The van der Waals surface area contributed by atoms with Gasteiger partial charge >= 0.3 is 0 Å². The number of ether oxygens (including phenoxy) is 3. The van der Waals surface area contributed by atoms with Gasteiger partial charge in [0.1, 0.15) is 11.5 Å². The van der Waals surface area contributed by atoms with Gasteiger partial charge in [-0.3, -0.25) is 9.59 Å². The molecule has 3 rings (SSSR count). The molecule has 0 radical (unpaired) electrons. The van der Waals surface area contributed by atoms with Gasteiger partial charge in [0.2, 0.25) is 18.6 Å². The molecule has 2 heterocycles. The van der Waals surface area contributed by atoms with E-state index >= 15 is 0 Å². The van der Waals surface area contributed by atoms with Crippen LogP contribution in [-0.2, 0) is 27.4 Å². The molecule has 0 aliphatic carbocycles. The number of hydrogen-bond acceptors (Lipinski definition) is 6. The lowest BCUT2D eigenvalue weighted by molar-refractivity contribution is -0.141. The summed E-state index contributed by atoms with van der Waals surface area (Å²) >= 11 is 0. The third-order valence-electron chi connectivity index (χ3n) is 5.21. The molecule has 0 saturated carbocycles. The predicted molar refractivity (Wildman–Crippen MR) is 118 cm³/mol. The summed E-state index contributed by atoms with van der Waals surface area (Å²) in [7, 11) is 0. The molecule has 0 spiro atoms. The number of aryl methyl sites for hydroxylation is 1. The molecule has 8 nitrogen and oxygen atoms in total. The van der Waals surface area contributed by atoms with Crippen LogP contribution in [0.15, 0.2) is 34.7 Å². The second-order valence-electron chi connectivity index (χ2n) is 7.67. The van der Waals surface area contributed by atoms with Gasteiger partial charge in [-0.2, -0.15) is 0 Å². The number of hydrogen-bond donors (Lipinski definition) is 0. The first-order valence-corrected chi connectivity index (χ1v) is 11.1. The van der Waals surface area contributed by atoms with Gasteiger partial charge in [-0.25, -0.2) is 0 Å². The van der Waals surface area contributed by atoms with Crippen LogP contribution in [0.4, 0.5) is 0 Å². The fraction of sp³-hybridized carbons (Fsp3) is 0.500. The highest BCUT2D eigenvalue weighted by atomic mass is 16.7. The van der Waals surface area contributed by atoms with Crippen LogP contribution >= 0.6 is 0 Å². The van der Waals surface area contributed by atoms with Crippen LogP contribution < -0.4 is 9.47 Å². The Morgan fingerprint density at radius 1 is 1.00 bits per heavy atom. The van der Waals surface area contributed by atoms with Crippen molar-refractivity contribution in [2.45, 2.75) is 46.7 Å². The zero-order valence-electron chi connectivity index (χ0n) is 19.1. The van der Waals surface area contributed by atoms with Crippen molar-refractivity contribution < 1.29 is 28.2 Å². The number of furan rings is 1. The number of benzene rings is 1. The molecule has 2 amide bonds. The lowest BCUT2D eigenvalue weighted by Crippen LogP contribution is -2.42. The number of nitrogens with zero attached hydrogens (tertiary/aromatic N) is 2. The molecule has 1 aromatic carbocycles. The summed E-state index contributed by atoms with van der Waals surface area (Å²) in [4.78, 5) is 29.1. The molecule has 0 N–H and O–H groups in total. The van der Waals surface area contributed by atoms with Crippen molar-refractivity contribution >= 4 is 11.8 Å². The highest BCUT2D eigenvalue weighted by Gasteiger charge is 2.23. The van der Waals surface area contributed by atoms with Gasteiger partial charge in [-0.05, 0) is 50.1 Å². The van der Waals surface area contributed by atoms with Gasteiger partial charge in [0.05, 0.1) is 13.1 Å². The van der Waals surface area contributed by atoms with E-state index in [2.05, 4.69) is 0 Å². The van der Waals surface area contributed by atoms with Crippen LogP contribution in [0.25, 0.3) is 0 Å². The van der Waals surface area contributed by atoms with Gasteiger partial charge in [-0.1, -0.05) is 13.0 Å². The summed E-state index contributed by atoms with van der Waals surface area (Å²) in [5.74, 6) is 2.65. The zero-order chi connectivity index (χ0) is 22.9. The van der Waals surface area contributed by atoms with Crippen LogP contribution in [0.2, 0.25) is 0 Å². The third kappa shape index (κ3) is 6.50. The Morgan fingerprint density at radius 3 is 2.53 bits per heavy atom. The Hall–Kier alpha value is -3.00. The quantitative estimate of drug-likeness (QED) is 0.466. The van der Waals surface area contributed by atoms with E-state index in [0.717, 1.165) is 11.3 Å². The Balaban J connectivity index is 1.73. The number of carbonyl (C=O) groups excluding carboxylic acids is 2. The van der Waals surface area contributed by atoms with Crippen molar-refractivity contribution in [3.63, 3.8) is 0 Å². The fourth-order valence-corrected chi connectivity index (χ4v) is 3.53. The summed E-state index contributed by atoms with van der Waals surface area (Å²) in [6.07, 6.45) is 1.04. The molecule has 0 bridgehead atoms. The summed E-state index contributed by atoms with van der Waals surface area (Å²) in [6, 6.07) is 9.38. The molecule has 2 aromatic rings. The molecule has 1 aromatic heterocycles. The fourth-order valence-electron chi connectivity index (χ4n) is 3.53. The molecule has 32 heavy (non-hydrogen) atoms. The largest absolute Gasteiger partial charge is 0.464 e. The Kier molecular flexibility index (Phi) is 8.56. The summed E-state index contributed by atoms with van der Waals surface area (Å²) in [5.41, 5.74) is 0.913. The topological polar surface area (TPSA) is 81.5 Å². The van der Waals surface area contributed by atoms with Gasteiger partial charge < -0.3 is 28.4 Å². The van der Waals surface area contributed by atoms with Crippen LogP contribution in [-0.4, -0.2) is 54.7 Å². The Morgan fingerprint density at radius 2 is 1.81 bits per heavy atom. The van der Waals surface area contributed by atoms with E-state index in [1.165, 1.54) is 0 Å². The van der Waals surface area contributed by atoms with E-state index in [4.69, 9.17) is 18.6 Å². The maximum Gasteiger partial charge on any atom is 0.242 e. The smallest absolute Gasteiger partial charge is 0.242 e. The highest BCUT2D eigenvalue weighted by Crippen LogP contribution is 2.33. The van der Waals surface area contributed by atoms with Crippen molar-refractivity contribution in [1.29, 1.82) is 0 Å². The Labute approximate surface area is 189 Å². The minimum absolute atomic E-state index is 0.0169. The number of amides is 2. The van der Waals surface area contributed by atoms with Crippen molar-refractivity contribution in [3.05, 3.63) is 47.4 Å². The average molecular weight is 445 g/mol. The second kappa shape index (κ2) is 11.6. The predicted octanol–water partition coefficient (Wildman–Crippen LogP) is 3.51. The molecule has 1 aliphatic rings. The lowest BCUT2D eigenvalue weighted by Gasteiger charge is -2.27. The van der Waals surface area contributed by atoms with Crippen LogP contribution in [0.5, 0.6) is 11.5 Å². The number of carbonyl (C=O) groups is 2. The minimum Gasteiger partial charge on any atom is -0.464 e. The standard InChI is InChI=1S/C24H32N2O6/c1-4-23(27)25(11-6-12-29-5-2)16-24(28)26(15-20-9-7-18(3)32-20)14-19-8-10-21-22(13-19)31-17-30-21/h7-10,13H,4-6,11-12,14-17H2,1-3H3. The molecule has 1 aliphatic heterocycles. The first kappa shape index (κ1) is 23.7. The number of rotatable bonds is 12. The van der Waals surface area contributed by atoms with E-state index in [9.17, 15) is 9.59 Å². The summed E-state index contributed by atoms with van der Waals surface area (Å²) in [5, 5.41) is 0. The summed E-state index contributed by atoms with van der Waals surface area (Å²) in [6.45, 7) is 8.17. The average Bonchev–Trinajstić information content (AvgIpc) is 3.42. The van der Waals surface area contributed by atoms with E-state index in [-0.39, 0.29) is 25.2 Å². The van der Waals surface area contributed by atoms with E-state index < -0.39 is 0 Å². The van der Waals surface area contributed by atoms with Crippen molar-refractivity contribution in [3.8, 4) is 11.5 Å². The normalized spacial score (nSPS) is 12.1. The Bertz CT molecular complexity index is 910. The molecule has 0 unspecified atom stereocenters. The second-order valence-corrected chi connectivity index (χ2v) is 7.67. The maximum absolute atomic E-state index is 13.3. The maximum atomic E-state index is 13.3. The van der Waals surface area contributed by atoms with Gasteiger partial charge in [0.25, 0.3) is 0 Å². The first-order valence-electron chi connectivity index (χ1n) is 11.1. The zero-order valence-corrected chi connectivity index (χ0v) is 19.1. The van der Waals surface area contributed by atoms with Crippen LogP contribution in [0.1, 0.15) is 43.8 Å². The molecular weight excluding hydrogens is 412 g/mol. The summed E-state index contributed by atoms with van der Waals surface area (Å²) < 4.78 is 21.9.